The quantitative estimate of drug-likeness (QED) is 0.798. The van der Waals surface area contributed by atoms with E-state index in [-0.39, 0.29) is 0 Å². The van der Waals surface area contributed by atoms with Crippen molar-refractivity contribution in [1.29, 1.82) is 0 Å². The van der Waals surface area contributed by atoms with Crippen molar-refractivity contribution in [1.82, 2.24) is 9.97 Å². The third-order valence-corrected chi connectivity index (χ3v) is 2.39. The van der Waals surface area contributed by atoms with E-state index >= 15 is 0 Å². The van der Waals surface area contributed by atoms with Crippen LogP contribution in [-0.2, 0) is 4.74 Å². The number of methoxy groups -OCH3 is 1. The molecule has 0 aliphatic heterocycles. The van der Waals surface area contributed by atoms with Crippen LogP contribution < -0.4 is 5.32 Å². The zero-order valence-corrected chi connectivity index (χ0v) is 9.76. The monoisotopic (exact) mass is 229 g/mol. The molecule has 0 amide bonds. The Morgan fingerprint density at radius 2 is 1.94 bits per heavy atom. The molecule has 1 N–H and O–H groups in total. The molecule has 2 rings (SSSR count). The summed E-state index contributed by atoms with van der Waals surface area (Å²) >= 11 is 0. The largest absolute Gasteiger partial charge is 0.383 e. The van der Waals surface area contributed by atoms with Crippen LogP contribution in [0.15, 0.2) is 42.9 Å². The summed E-state index contributed by atoms with van der Waals surface area (Å²) in [5.41, 5.74) is 2.21. The topological polar surface area (TPSA) is 47.0 Å². The van der Waals surface area contributed by atoms with Gasteiger partial charge in [0.1, 0.15) is 5.82 Å². The average Bonchev–Trinajstić information content (AvgIpc) is 2.41. The van der Waals surface area contributed by atoms with Gasteiger partial charge in [-0.15, -0.1) is 0 Å². The molecule has 2 heterocycles. The van der Waals surface area contributed by atoms with Gasteiger partial charge in [0.2, 0.25) is 0 Å². The normalized spacial score (nSPS) is 10.2. The number of pyridine rings is 2. The number of ether oxygens (including phenoxy) is 1. The van der Waals surface area contributed by atoms with E-state index in [0.717, 1.165) is 23.5 Å². The third-order valence-electron chi connectivity index (χ3n) is 2.39. The van der Waals surface area contributed by atoms with Gasteiger partial charge in [-0.05, 0) is 29.8 Å². The van der Waals surface area contributed by atoms with E-state index in [4.69, 9.17) is 4.74 Å². The van der Waals surface area contributed by atoms with Crippen LogP contribution in [0.5, 0.6) is 0 Å². The van der Waals surface area contributed by atoms with Crippen molar-refractivity contribution in [2.75, 3.05) is 25.6 Å². The molecule has 0 aliphatic carbocycles. The van der Waals surface area contributed by atoms with Crippen molar-refractivity contribution in [2.24, 2.45) is 0 Å². The molecule has 0 saturated carbocycles. The Hall–Kier alpha value is -1.94. The highest BCUT2D eigenvalue weighted by Gasteiger charge is 1.98. The molecular weight excluding hydrogens is 214 g/mol. The summed E-state index contributed by atoms with van der Waals surface area (Å²) in [6, 6.07) is 7.94. The first-order valence-corrected chi connectivity index (χ1v) is 5.49. The molecule has 0 fully saturated rings. The molecule has 0 atom stereocenters. The summed E-state index contributed by atoms with van der Waals surface area (Å²) in [5.74, 6) is 0.861. The summed E-state index contributed by atoms with van der Waals surface area (Å²) < 4.78 is 4.96. The lowest BCUT2D eigenvalue weighted by atomic mass is 10.1. The molecule has 0 spiro atoms. The molecule has 2 aromatic rings. The molecule has 0 aromatic carbocycles. The molecular formula is C13H15N3O. The highest BCUT2D eigenvalue weighted by molar-refractivity contribution is 5.62. The number of nitrogens with zero attached hydrogens (tertiary/aromatic N) is 2. The Morgan fingerprint density at radius 1 is 1.12 bits per heavy atom. The van der Waals surface area contributed by atoms with Gasteiger partial charge in [0.15, 0.2) is 0 Å². The van der Waals surface area contributed by atoms with Crippen molar-refractivity contribution >= 4 is 5.82 Å². The molecule has 4 nitrogen and oxygen atoms in total. The fourth-order valence-electron chi connectivity index (χ4n) is 1.49. The van der Waals surface area contributed by atoms with E-state index in [2.05, 4.69) is 15.3 Å². The number of aromatic nitrogens is 2. The maximum atomic E-state index is 4.96. The first-order valence-electron chi connectivity index (χ1n) is 5.49. The van der Waals surface area contributed by atoms with Crippen molar-refractivity contribution < 1.29 is 4.74 Å². The summed E-state index contributed by atoms with van der Waals surface area (Å²) in [7, 11) is 1.68. The van der Waals surface area contributed by atoms with Gasteiger partial charge in [-0.1, -0.05) is 0 Å². The minimum atomic E-state index is 0.674. The Kier molecular flexibility index (Phi) is 4.05. The maximum Gasteiger partial charge on any atom is 0.125 e. The summed E-state index contributed by atoms with van der Waals surface area (Å²) in [5, 5.41) is 3.18. The minimum absolute atomic E-state index is 0.674. The number of anilines is 1. The first kappa shape index (κ1) is 11.5. The zero-order chi connectivity index (χ0) is 11.9. The Balaban J connectivity index is 2.03. The van der Waals surface area contributed by atoms with Crippen molar-refractivity contribution in [2.45, 2.75) is 0 Å². The molecule has 4 heteroatoms. The second-order valence-corrected chi connectivity index (χ2v) is 3.59. The van der Waals surface area contributed by atoms with Crippen LogP contribution in [0, 0.1) is 0 Å². The van der Waals surface area contributed by atoms with Gasteiger partial charge in [-0.25, -0.2) is 4.98 Å². The minimum Gasteiger partial charge on any atom is -0.383 e. The molecule has 2 aromatic heterocycles. The molecule has 0 radical (unpaired) electrons. The molecule has 0 bridgehead atoms. The van der Waals surface area contributed by atoms with E-state index in [1.165, 1.54) is 0 Å². The van der Waals surface area contributed by atoms with Crippen LogP contribution in [0.2, 0.25) is 0 Å². The van der Waals surface area contributed by atoms with Crippen molar-refractivity contribution in [3.63, 3.8) is 0 Å². The number of hydrogen-bond acceptors (Lipinski definition) is 4. The highest BCUT2D eigenvalue weighted by atomic mass is 16.5. The predicted molar refractivity (Wildman–Crippen MR) is 67.8 cm³/mol. The molecule has 0 saturated heterocycles. The van der Waals surface area contributed by atoms with E-state index in [0.29, 0.717) is 6.61 Å². The first-order chi connectivity index (χ1) is 8.40. The Morgan fingerprint density at radius 3 is 2.59 bits per heavy atom. The van der Waals surface area contributed by atoms with Gasteiger partial charge >= 0.3 is 0 Å². The van der Waals surface area contributed by atoms with E-state index in [1.54, 1.807) is 19.5 Å². The van der Waals surface area contributed by atoms with E-state index < -0.39 is 0 Å². The number of nitrogens with one attached hydrogen (secondary N) is 1. The number of rotatable bonds is 5. The van der Waals surface area contributed by atoms with Crippen LogP contribution in [0.4, 0.5) is 5.82 Å². The van der Waals surface area contributed by atoms with Crippen molar-refractivity contribution in [3.8, 4) is 11.1 Å². The molecule has 17 heavy (non-hydrogen) atoms. The van der Waals surface area contributed by atoms with Crippen LogP contribution in [-0.4, -0.2) is 30.2 Å². The van der Waals surface area contributed by atoms with Gasteiger partial charge in [0.25, 0.3) is 0 Å². The second kappa shape index (κ2) is 5.96. The lowest BCUT2D eigenvalue weighted by Crippen LogP contribution is -2.08. The zero-order valence-electron chi connectivity index (χ0n) is 9.76. The van der Waals surface area contributed by atoms with Crippen LogP contribution in [0.3, 0.4) is 0 Å². The fraction of sp³-hybridized carbons (Fsp3) is 0.231. The van der Waals surface area contributed by atoms with Gasteiger partial charge in [0.05, 0.1) is 6.61 Å². The van der Waals surface area contributed by atoms with Crippen LogP contribution >= 0.6 is 0 Å². The lowest BCUT2D eigenvalue weighted by Gasteiger charge is -2.05. The molecule has 0 aliphatic rings. The van der Waals surface area contributed by atoms with Crippen molar-refractivity contribution in [3.05, 3.63) is 42.9 Å². The van der Waals surface area contributed by atoms with Gasteiger partial charge in [-0.3, -0.25) is 4.98 Å². The van der Waals surface area contributed by atoms with Crippen LogP contribution in [0.25, 0.3) is 11.1 Å². The van der Waals surface area contributed by atoms with E-state index in [1.807, 2.05) is 30.5 Å². The molecule has 88 valence electrons. The summed E-state index contributed by atoms with van der Waals surface area (Å²) in [6.45, 7) is 1.44. The highest BCUT2D eigenvalue weighted by Crippen LogP contribution is 2.18. The van der Waals surface area contributed by atoms with E-state index in [9.17, 15) is 0 Å². The van der Waals surface area contributed by atoms with Crippen LogP contribution in [0.1, 0.15) is 0 Å². The van der Waals surface area contributed by atoms with Gasteiger partial charge in [0, 0.05) is 37.8 Å². The molecule has 0 unspecified atom stereocenters. The number of hydrogen-bond donors (Lipinski definition) is 1. The van der Waals surface area contributed by atoms with Gasteiger partial charge in [-0.2, -0.15) is 0 Å². The lowest BCUT2D eigenvalue weighted by molar-refractivity contribution is 0.210. The smallest absolute Gasteiger partial charge is 0.125 e. The fourth-order valence-corrected chi connectivity index (χ4v) is 1.49. The summed E-state index contributed by atoms with van der Waals surface area (Å²) in [4.78, 5) is 8.33. The average molecular weight is 229 g/mol. The van der Waals surface area contributed by atoms with Gasteiger partial charge < -0.3 is 10.1 Å². The Labute approximate surface area is 101 Å². The standard InChI is InChI=1S/C13H15N3O/c1-17-9-8-15-13-3-2-12(10-16-13)11-4-6-14-7-5-11/h2-7,10H,8-9H2,1H3,(H,15,16). The third kappa shape index (κ3) is 3.26. The SMILES string of the molecule is COCCNc1ccc(-c2ccncc2)cn1. The Bertz CT molecular complexity index is 442. The predicted octanol–water partition coefficient (Wildman–Crippen LogP) is 2.20. The second-order valence-electron chi connectivity index (χ2n) is 3.59. The summed E-state index contributed by atoms with van der Waals surface area (Å²) in [6.07, 6.45) is 5.41. The maximum absolute atomic E-state index is 4.96.